The van der Waals surface area contributed by atoms with Crippen molar-refractivity contribution in [3.63, 3.8) is 0 Å². The second-order valence-electron chi connectivity index (χ2n) is 4.21. The zero-order valence-corrected chi connectivity index (χ0v) is 11.6. The van der Waals surface area contributed by atoms with Crippen LogP contribution in [0.25, 0.3) is 0 Å². The number of nitrogens with one attached hydrogen (secondary N) is 1. The number of halogens is 3. The average Bonchev–Trinajstić information content (AvgIpc) is 2.75. The number of nitrogens with zero attached hydrogens (tertiary/aromatic N) is 1. The van der Waals surface area contributed by atoms with Crippen molar-refractivity contribution in [2.24, 2.45) is 0 Å². The van der Waals surface area contributed by atoms with E-state index in [0.717, 1.165) is 25.0 Å². The monoisotopic (exact) mass is 296 g/mol. The van der Waals surface area contributed by atoms with E-state index in [4.69, 9.17) is 0 Å². The lowest BCUT2D eigenvalue weighted by Gasteiger charge is -2.18. The quantitative estimate of drug-likeness (QED) is 0.917. The molecule has 0 saturated carbocycles. The molecule has 2 heterocycles. The van der Waals surface area contributed by atoms with Crippen LogP contribution in [-0.4, -0.2) is 17.8 Å². The van der Waals surface area contributed by atoms with E-state index in [0.29, 0.717) is 9.88 Å². The Kier molecular flexibility index (Phi) is 4.55. The Morgan fingerprint density at radius 1 is 1.39 bits per heavy atom. The normalized spacial score (nSPS) is 21.2. The van der Waals surface area contributed by atoms with E-state index < -0.39 is 11.9 Å². The third kappa shape index (κ3) is 3.19. The summed E-state index contributed by atoms with van der Waals surface area (Å²) < 4.78 is 38.6. The minimum Gasteiger partial charge on any atom is -0.315 e. The summed E-state index contributed by atoms with van der Waals surface area (Å²) in [5, 5.41) is 3.56. The molecule has 0 aliphatic carbocycles. The molecule has 2 rings (SSSR count). The first-order chi connectivity index (χ1) is 8.52. The van der Waals surface area contributed by atoms with Gasteiger partial charge in [-0.2, -0.15) is 24.9 Å². The van der Waals surface area contributed by atoms with Crippen LogP contribution in [0.5, 0.6) is 0 Å². The predicted molar refractivity (Wildman–Crippen MR) is 68.9 cm³/mol. The van der Waals surface area contributed by atoms with Crippen molar-refractivity contribution >= 4 is 23.1 Å². The molecule has 1 aromatic heterocycles. The first-order valence-electron chi connectivity index (χ1n) is 5.85. The summed E-state index contributed by atoms with van der Waals surface area (Å²) in [6.07, 6.45) is -1.17. The average molecular weight is 296 g/mol. The van der Waals surface area contributed by atoms with E-state index in [2.05, 4.69) is 10.3 Å². The Morgan fingerprint density at radius 3 is 2.72 bits per heavy atom. The lowest BCUT2D eigenvalue weighted by atomic mass is 10.2. The topological polar surface area (TPSA) is 24.9 Å². The molecule has 0 radical (unpaired) electrons. The van der Waals surface area contributed by atoms with Crippen LogP contribution in [0, 0.1) is 0 Å². The van der Waals surface area contributed by atoms with Crippen LogP contribution < -0.4 is 5.32 Å². The number of aromatic nitrogens is 1. The summed E-state index contributed by atoms with van der Waals surface area (Å²) in [6.45, 7) is 0.226. The summed E-state index contributed by atoms with van der Waals surface area (Å²) in [5.74, 6) is 1.02. The third-order valence-electron chi connectivity index (χ3n) is 2.77. The van der Waals surface area contributed by atoms with Gasteiger partial charge >= 0.3 is 6.18 Å². The fourth-order valence-corrected chi connectivity index (χ4v) is 4.59. The number of alkyl halides is 3. The summed E-state index contributed by atoms with van der Waals surface area (Å²) >= 11 is 2.93. The molecule has 102 valence electrons. The molecule has 7 heteroatoms. The van der Waals surface area contributed by atoms with Gasteiger partial charge in [-0.3, -0.25) is 0 Å². The lowest BCUT2D eigenvalue weighted by molar-refractivity contribution is -0.141. The maximum Gasteiger partial charge on any atom is 0.434 e. The molecular formula is C11H15F3N2S2. The Balaban J connectivity index is 2.26. The van der Waals surface area contributed by atoms with Crippen molar-refractivity contribution in [2.45, 2.75) is 37.2 Å². The highest BCUT2D eigenvalue weighted by Gasteiger charge is 2.38. The lowest BCUT2D eigenvalue weighted by Crippen LogP contribution is -2.13. The van der Waals surface area contributed by atoms with Gasteiger partial charge in [0.1, 0.15) is 5.01 Å². The number of rotatable bonds is 3. The van der Waals surface area contributed by atoms with Gasteiger partial charge in [0, 0.05) is 6.54 Å². The maximum atomic E-state index is 12.9. The first-order valence-corrected chi connectivity index (χ1v) is 7.72. The van der Waals surface area contributed by atoms with Crippen molar-refractivity contribution in [1.82, 2.24) is 10.3 Å². The number of thioether (sulfide) groups is 1. The minimum atomic E-state index is -4.35. The summed E-state index contributed by atoms with van der Waals surface area (Å²) in [7, 11) is 1.65. The van der Waals surface area contributed by atoms with Gasteiger partial charge in [-0.1, -0.05) is 6.42 Å². The molecule has 0 spiro atoms. The van der Waals surface area contributed by atoms with E-state index in [1.54, 1.807) is 18.8 Å². The van der Waals surface area contributed by atoms with Gasteiger partial charge in [0.15, 0.2) is 5.69 Å². The number of hydrogen-bond acceptors (Lipinski definition) is 4. The maximum absolute atomic E-state index is 12.9. The fourth-order valence-electron chi connectivity index (χ4n) is 1.94. The molecule has 1 unspecified atom stereocenters. The van der Waals surface area contributed by atoms with Crippen LogP contribution in [0.1, 0.15) is 40.1 Å². The summed E-state index contributed by atoms with van der Waals surface area (Å²) in [5.41, 5.74) is -0.706. The molecule has 1 atom stereocenters. The van der Waals surface area contributed by atoms with Crippen LogP contribution >= 0.6 is 23.1 Å². The Morgan fingerprint density at radius 2 is 2.17 bits per heavy atom. The molecule has 2 nitrogen and oxygen atoms in total. The third-order valence-corrected chi connectivity index (χ3v) is 5.48. The molecule has 1 aliphatic rings. The van der Waals surface area contributed by atoms with E-state index in [9.17, 15) is 13.2 Å². The van der Waals surface area contributed by atoms with Gasteiger partial charge in [-0.05, 0) is 25.6 Å². The standard InChI is InChI=1S/C11H15F3N2S2/c1-15-6-8-9(11(12,13)14)16-10(18-8)7-4-2-3-5-17-7/h7,15H,2-6H2,1H3. The molecule has 1 N–H and O–H groups in total. The highest BCUT2D eigenvalue weighted by atomic mass is 32.2. The molecule has 0 amide bonds. The zero-order chi connectivity index (χ0) is 13.2. The largest absolute Gasteiger partial charge is 0.434 e. The first kappa shape index (κ1) is 14.1. The Bertz CT molecular complexity index is 397. The van der Waals surface area contributed by atoms with Gasteiger partial charge in [0.05, 0.1) is 10.1 Å². The van der Waals surface area contributed by atoms with Crippen LogP contribution in [-0.2, 0) is 12.7 Å². The van der Waals surface area contributed by atoms with Crippen molar-refractivity contribution in [3.05, 3.63) is 15.6 Å². The van der Waals surface area contributed by atoms with Gasteiger partial charge in [-0.15, -0.1) is 11.3 Å². The van der Waals surface area contributed by atoms with Crippen molar-refractivity contribution in [2.75, 3.05) is 12.8 Å². The van der Waals surface area contributed by atoms with E-state index in [-0.39, 0.29) is 11.8 Å². The molecule has 18 heavy (non-hydrogen) atoms. The number of hydrogen-bond donors (Lipinski definition) is 1. The molecule has 0 aromatic carbocycles. The number of thiazole rings is 1. The van der Waals surface area contributed by atoms with Gasteiger partial charge in [-0.25, -0.2) is 4.98 Å². The second-order valence-corrected chi connectivity index (χ2v) is 6.63. The van der Waals surface area contributed by atoms with Crippen molar-refractivity contribution in [3.8, 4) is 0 Å². The van der Waals surface area contributed by atoms with Crippen LogP contribution in [0.2, 0.25) is 0 Å². The van der Waals surface area contributed by atoms with Gasteiger partial charge in [0.25, 0.3) is 0 Å². The van der Waals surface area contributed by atoms with Crippen molar-refractivity contribution in [1.29, 1.82) is 0 Å². The Labute approximate surface area is 112 Å². The molecule has 1 aromatic rings. The fraction of sp³-hybridized carbons (Fsp3) is 0.727. The molecule has 1 fully saturated rings. The van der Waals surface area contributed by atoms with E-state index >= 15 is 0 Å². The Hall–Kier alpha value is -0.270. The minimum absolute atomic E-state index is 0.149. The molecule has 1 saturated heterocycles. The molecule has 1 aliphatic heterocycles. The van der Waals surface area contributed by atoms with Crippen LogP contribution in [0.15, 0.2) is 0 Å². The predicted octanol–water partition coefficient (Wildman–Crippen LogP) is 3.84. The van der Waals surface area contributed by atoms with Crippen molar-refractivity contribution < 1.29 is 13.2 Å². The van der Waals surface area contributed by atoms with E-state index in [1.165, 1.54) is 11.3 Å². The molecule has 0 bridgehead atoms. The highest BCUT2D eigenvalue weighted by molar-refractivity contribution is 7.99. The van der Waals surface area contributed by atoms with Crippen LogP contribution in [0.4, 0.5) is 13.2 Å². The summed E-state index contributed by atoms with van der Waals surface area (Å²) in [6, 6.07) is 0. The van der Waals surface area contributed by atoms with Gasteiger partial charge < -0.3 is 5.32 Å². The smallest absolute Gasteiger partial charge is 0.315 e. The van der Waals surface area contributed by atoms with Gasteiger partial charge in [0.2, 0.25) is 0 Å². The van der Waals surface area contributed by atoms with E-state index in [1.807, 2.05) is 0 Å². The van der Waals surface area contributed by atoms with Crippen LogP contribution in [0.3, 0.4) is 0 Å². The second kappa shape index (κ2) is 5.79. The SMILES string of the molecule is CNCc1sc(C2CCCCS2)nc1C(F)(F)F. The zero-order valence-electron chi connectivity index (χ0n) is 10.0. The molecular weight excluding hydrogens is 281 g/mol. The highest BCUT2D eigenvalue weighted by Crippen LogP contribution is 2.43. The summed E-state index contributed by atoms with van der Waals surface area (Å²) in [4.78, 5) is 4.15.